The zero-order valence-electron chi connectivity index (χ0n) is 17.7. The fourth-order valence-corrected chi connectivity index (χ4v) is 4.67. The van der Waals surface area contributed by atoms with Crippen LogP contribution in [0, 0.1) is 0 Å². The largest absolute Gasteiger partial charge is 0.487 e. The number of hydrogen-bond acceptors (Lipinski definition) is 3. The standard InChI is InChI=1S/C27H28N2O2/c30-26(29-23-12-13-23)20-6-8-21(9-7-20)27(16-2-3-17-27)22-10-14-25(15-11-22)31-19-24-5-1-4-18-28-24/h1,4-11,14-15,18,23H,2-3,12-13,16-17,19H2,(H,29,30). The first-order chi connectivity index (χ1) is 15.2. The zero-order valence-corrected chi connectivity index (χ0v) is 17.7. The van der Waals surface area contributed by atoms with Crippen LogP contribution >= 0.6 is 0 Å². The predicted molar refractivity (Wildman–Crippen MR) is 121 cm³/mol. The number of rotatable bonds is 7. The number of aromatic nitrogens is 1. The number of hydrogen-bond donors (Lipinski definition) is 1. The zero-order chi connectivity index (χ0) is 21.1. The number of benzene rings is 2. The molecule has 1 N–H and O–H groups in total. The Morgan fingerprint density at radius 3 is 2.23 bits per heavy atom. The van der Waals surface area contributed by atoms with E-state index >= 15 is 0 Å². The summed E-state index contributed by atoms with van der Waals surface area (Å²) >= 11 is 0. The molecule has 5 rings (SSSR count). The molecule has 2 saturated carbocycles. The molecule has 2 aliphatic carbocycles. The molecule has 1 amide bonds. The molecule has 158 valence electrons. The highest BCUT2D eigenvalue weighted by molar-refractivity contribution is 5.94. The van der Waals surface area contributed by atoms with Gasteiger partial charge in [0.25, 0.3) is 5.91 Å². The van der Waals surface area contributed by atoms with Crippen LogP contribution in [-0.2, 0) is 12.0 Å². The van der Waals surface area contributed by atoms with E-state index in [1.165, 1.54) is 24.0 Å². The van der Waals surface area contributed by atoms with Crippen LogP contribution in [0.2, 0.25) is 0 Å². The number of ether oxygens (including phenoxy) is 1. The van der Waals surface area contributed by atoms with Gasteiger partial charge in [0.2, 0.25) is 0 Å². The Balaban J connectivity index is 1.33. The summed E-state index contributed by atoms with van der Waals surface area (Å²) in [5.74, 6) is 0.901. The number of nitrogens with zero attached hydrogens (tertiary/aromatic N) is 1. The lowest BCUT2D eigenvalue weighted by molar-refractivity contribution is 0.0951. The van der Waals surface area contributed by atoms with Gasteiger partial charge in [0.15, 0.2) is 0 Å². The van der Waals surface area contributed by atoms with Crippen LogP contribution in [0.1, 0.15) is 65.7 Å². The van der Waals surface area contributed by atoms with E-state index in [2.05, 4.69) is 46.7 Å². The molecular formula is C27H28N2O2. The smallest absolute Gasteiger partial charge is 0.251 e. The first-order valence-electron chi connectivity index (χ1n) is 11.3. The summed E-state index contributed by atoms with van der Waals surface area (Å²) in [6, 6.07) is 23.0. The highest BCUT2D eigenvalue weighted by Crippen LogP contribution is 2.46. The van der Waals surface area contributed by atoms with E-state index in [-0.39, 0.29) is 11.3 Å². The fraction of sp³-hybridized carbons (Fsp3) is 0.333. The van der Waals surface area contributed by atoms with E-state index in [4.69, 9.17) is 4.74 Å². The molecule has 3 aromatic rings. The van der Waals surface area contributed by atoms with Crippen LogP contribution < -0.4 is 10.1 Å². The van der Waals surface area contributed by atoms with E-state index in [0.29, 0.717) is 12.6 Å². The van der Waals surface area contributed by atoms with Gasteiger partial charge in [-0.2, -0.15) is 0 Å². The quantitative estimate of drug-likeness (QED) is 0.564. The number of nitrogens with one attached hydrogen (secondary N) is 1. The number of pyridine rings is 1. The van der Waals surface area contributed by atoms with Gasteiger partial charge in [-0.3, -0.25) is 9.78 Å². The summed E-state index contributed by atoms with van der Waals surface area (Å²) in [4.78, 5) is 16.7. The third-order valence-electron chi connectivity index (χ3n) is 6.59. The lowest BCUT2D eigenvalue weighted by Gasteiger charge is -2.31. The second kappa shape index (κ2) is 8.54. The van der Waals surface area contributed by atoms with E-state index in [0.717, 1.165) is 42.7 Å². The van der Waals surface area contributed by atoms with Crippen molar-refractivity contribution in [3.05, 3.63) is 95.3 Å². The molecule has 1 aromatic heterocycles. The first kappa shape index (κ1) is 19.8. The van der Waals surface area contributed by atoms with Crippen molar-refractivity contribution < 1.29 is 9.53 Å². The lowest BCUT2D eigenvalue weighted by atomic mass is 9.73. The van der Waals surface area contributed by atoms with Crippen LogP contribution in [0.5, 0.6) is 5.75 Å². The molecule has 2 fully saturated rings. The van der Waals surface area contributed by atoms with Crippen molar-refractivity contribution in [1.29, 1.82) is 0 Å². The van der Waals surface area contributed by atoms with Gasteiger partial charge in [-0.05, 0) is 73.2 Å². The first-order valence-corrected chi connectivity index (χ1v) is 11.3. The van der Waals surface area contributed by atoms with Crippen molar-refractivity contribution in [2.45, 2.75) is 56.6 Å². The molecule has 1 heterocycles. The van der Waals surface area contributed by atoms with Crippen LogP contribution in [0.15, 0.2) is 72.9 Å². The molecule has 0 atom stereocenters. The molecule has 0 saturated heterocycles. The molecule has 4 nitrogen and oxygen atoms in total. The molecule has 0 aliphatic heterocycles. The molecule has 0 unspecified atom stereocenters. The van der Waals surface area contributed by atoms with Crippen LogP contribution in [0.25, 0.3) is 0 Å². The Bertz CT molecular complexity index is 1020. The predicted octanol–water partition coefficient (Wildman–Crippen LogP) is 5.41. The second-order valence-electron chi connectivity index (χ2n) is 8.75. The van der Waals surface area contributed by atoms with Gasteiger partial charge in [0, 0.05) is 23.2 Å². The molecule has 2 aromatic carbocycles. The van der Waals surface area contributed by atoms with Gasteiger partial charge in [0.1, 0.15) is 12.4 Å². The monoisotopic (exact) mass is 412 g/mol. The second-order valence-corrected chi connectivity index (χ2v) is 8.75. The van der Waals surface area contributed by atoms with Crippen molar-refractivity contribution in [2.24, 2.45) is 0 Å². The van der Waals surface area contributed by atoms with Crippen molar-refractivity contribution in [3.63, 3.8) is 0 Å². The molecule has 0 bridgehead atoms. The normalized spacial score (nSPS) is 17.3. The SMILES string of the molecule is O=C(NC1CC1)c1ccc(C2(c3ccc(OCc4ccccn4)cc3)CCCC2)cc1. The van der Waals surface area contributed by atoms with Crippen molar-refractivity contribution in [3.8, 4) is 5.75 Å². The Morgan fingerprint density at radius 2 is 1.61 bits per heavy atom. The van der Waals surface area contributed by atoms with E-state index in [1.807, 2.05) is 30.3 Å². The van der Waals surface area contributed by atoms with Gasteiger partial charge in [-0.25, -0.2) is 0 Å². The third-order valence-corrected chi connectivity index (χ3v) is 6.59. The highest BCUT2D eigenvalue weighted by atomic mass is 16.5. The molecular weight excluding hydrogens is 384 g/mol. The van der Waals surface area contributed by atoms with Crippen LogP contribution in [0.4, 0.5) is 0 Å². The number of carbonyl (C=O) groups excluding carboxylic acids is 1. The van der Waals surface area contributed by atoms with Gasteiger partial charge >= 0.3 is 0 Å². The Morgan fingerprint density at radius 1 is 0.935 bits per heavy atom. The van der Waals surface area contributed by atoms with Crippen molar-refractivity contribution in [2.75, 3.05) is 0 Å². The molecule has 0 spiro atoms. The van der Waals surface area contributed by atoms with Gasteiger partial charge in [0.05, 0.1) is 5.69 Å². The minimum Gasteiger partial charge on any atom is -0.487 e. The van der Waals surface area contributed by atoms with E-state index < -0.39 is 0 Å². The maximum absolute atomic E-state index is 12.3. The molecule has 31 heavy (non-hydrogen) atoms. The summed E-state index contributed by atoms with van der Waals surface area (Å²) < 4.78 is 5.92. The van der Waals surface area contributed by atoms with Crippen LogP contribution in [0.3, 0.4) is 0 Å². The molecule has 2 aliphatic rings. The maximum atomic E-state index is 12.3. The average molecular weight is 413 g/mol. The summed E-state index contributed by atoms with van der Waals surface area (Å²) in [6.45, 7) is 0.468. The summed E-state index contributed by atoms with van der Waals surface area (Å²) in [5, 5.41) is 3.07. The van der Waals surface area contributed by atoms with E-state index in [9.17, 15) is 4.79 Å². The topological polar surface area (TPSA) is 51.2 Å². The fourth-order valence-electron chi connectivity index (χ4n) is 4.67. The minimum atomic E-state index is 0.0189. The number of amides is 1. The summed E-state index contributed by atoms with van der Waals surface area (Å²) in [7, 11) is 0. The molecule has 0 radical (unpaired) electrons. The maximum Gasteiger partial charge on any atom is 0.251 e. The Labute approximate surface area is 183 Å². The number of carbonyl (C=O) groups is 1. The molecule has 4 heteroatoms. The van der Waals surface area contributed by atoms with Gasteiger partial charge in [-0.1, -0.05) is 43.2 Å². The summed E-state index contributed by atoms with van der Waals surface area (Å²) in [6.07, 6.45) is 8.71. The average Bonchev–Trinajstić information content (AvgIpc) is 3.50. The van der Waals surface area contributed by atoms with Crippen molar-refractivity contribution in [1.82, 2.24) is 10.3 Å². The van der Waals surface area contributed by atoms with E-state index in [1.54, 1.807) is 6.20 Å². The Kier molecular flexibility index (Phi) is 5.46. The van der Waals surface area contributed by atoms with Crippen LogP contribution in [-0.4, -0.2) is 16.9 Å². The van der Waals surface area contributed by atoms with Gasteiger partial charge in [-0.15, -0.1) is 0 Å². The third kappa shape index (κ3) is 4.34. The lowest BCUT2D eigenvalue weighted by Crippen LogP contribution is -2.26. The highest BCUT2D eigenvalue weighted by Gasteiger charge is 2.37. The van der Waals surface area contributed by atoms with Crippen molar-refractivity contribution >= 4 is 5.91 Å². The van der Waals surface area contributed by atoms with Gasteiger partial charge < -0.3 is 10.1 Å². The Hall–Kier alpha value is -3.14. The summed E-state index contributed by atoms with van der Waals surface area (Å²) in [5.41, 5.74) is 4.32. The minimum absolute atomic E-state index is 0.0189.